The van der Waals surface area contributed by atoms with Crippen LogP contribution >= 0.6 is 11.3 Å². The van der Waals surface area contributed by atoms with Crippen LogP contribution in [0.4, 0.5) is 34.3 Å². The molecule has 0 fully saturated rings. The third-order valence-corrected chi connectivity index (χ3v) is 20.3. The molecule has 0 radical (unpaired) electrons. The van der Waals surface area contributed by atoms with Gasteiger partial charge in [0.1, 0.15) is 5.58 Å². The average molecular weight is 953 g/mol. The second kappa shape index (κ2) is 14.3. The minimum atomic E-state index is -0.145. The maximum Gasteiger partial charge on any atom is 0.257 e. The predicted molar refractivity (Wildman–Crippen MR) is 308 cm³/mol. The van der Waals surface area contributed by atoms with Crippen molar-refractivity contribution in [2.24, 2.45) is 0 Å². The van der Waals surface area contributed by atoms with Crippen LogP contribution in [-0.4, -0.2) is 6.71 Å². The fourth-order valence-electron chi connectivity index (χ4n) is 14.2. The molecule has 3 nitrogen and oxygen atoms in total. The van der Waals surface area contributed by atoms with E-state index in [1.807, 2.05) is 11.3 Å². The van der Waals surface area contributed by atoms with E-state index in [4.69, 9.17) is 4.42 Å². The monoisotopic (exact) mass is 953 g/mol. The normalized spacial score (nSPS) is 20.6. The van der Waals surface area contributed by atoms with Crippen LogP contribution in [0, 0.1) is 0 Å². The van der Waals surface area contributed by atoms with Gasteiger partial charge in [0.25, 0.3) is 6.71 Å². The van der Waals surface area contributed by atoms with Crippen LogP contribution in [0.5, 0.6) is 0 Å². The second-order valence-corrected chi connectivity index (χ2v) is 28.8. The van der Waals surface area contributed by atoms with Gasteiger partial charge in [-0.05, 0) is 187 Å². The largest absolute Gasteiger partial charge is 0.440 e. The lowest BCUT2D eigenvalue weighted by atomic mass is 9.33. The Labute approximate surface area is 428 Å². The van der Waals surface area contributed by atoms with Crippen LogP contribution in [0.2, 0.25) is 0 Å². The SMILES string of the molecule is CC(C)(C)c1cc2c3c(c1)N(c1cccc4sc5ccccc5c14)c1cc4c(cc1B3c1c(oc3cc5c(cc13)C(C)(C)CCC5(C)C)N2c1ccc2c(c1)C(C)(C)CCC2(C)C)C(C)(C)CCC4(C)C. The van der Waals surface area contributed by atoms with Crippen LogP contribution in [0.25, 0.3) is 31.1 Å². The third kappa shape index (κ3) is 6.39. The lowest BCUT2D eigenvalue weighted by molar-refractivity contribution is 0.332. The topological polar surface area (TPSA) is 19.6 Å². The van der Waals surface area contributed by atoms with E-state index in [1.165, 1.54) is 116 Å². The quantitative estimate of drug-likeness (QED) is 0.161. The number of hydrogen-bond donors (Lipinski definition) is 0. The van der Waals surface area contributed by atoms with Crippen LogP contribution < -0.4 is 26.2 Å². The first-order valence-electron chi connectivity index (χ1n) is 26.9. The molecule has 8 aromatic rings. The van der Waals surface area contributed by atoms with Crippen molar-refractivity contribution in [3.8, 4) is 0 Å². The standard InChI is InChI=1S/C66H73BN2OS/c1-60(2,3)38-31-51-58-52(32-38)69(49-20-18-22-55-56(49)40-19-16-17-21-54(40)71-55)50-36-46-45(64(10,11)28-29-65(46,12)13)35-48(50)67(58)57-41-34-44-47(66(14,15)30-27-63(44,8)9)37-53(41)70-59(57)68(51)39-23-24-42-43(33-39)62(6,7)26-25-61(42,4)5/h16-24,31-37H,25-30H2,1-15H3. The summed E-state index contributed by atoms with van der Waals surface area (Å²) in [5.74, 6) is 0.975. The molecule has 4 heterocycles. The highest BCUT2D eigenvalue weighted by molar-refractivity contribution is 7.26. The molecule has 5 aliphatic rings. The van der Waals surface area contributed by atoms with Crippen molar-refractivity contribution in [1.29, 1.82) is 0 Å². The molecule has 362 valence electrons. The first-order valence-corrected chi connectivity index (χ1v) is 27.7. The van der Waals surface area contributed by atoms with E-state index in [2.05, 4.69) is 211 Å². The summed E-state index contributed by atoms with van der Waals surface area (Å²) in [7, 11) is 0. The summed E-state index contributed by atoms with van der Waals surface area (Å²) >= 11 is 1.92. The number of nitrogens with zero attached hydrogens (tertiary/aromatic N) is 2. The molecule has 71 heavy (non-hydrogen) atoms. The van der Waals surface area contributed by atoms with E-state index in [0.29, 0.717) is 0 Å². The van der Waals surface area contributed by atoms with Crippen molar-refractivity contribution >= 4 is 99.9 Å². The molecule has 0 atom stereocenters. The molecule has 3 aliphatic carbocycles. The van der Waals surface area contributed by atoms with Gasteiger partial charge in [0.2, 0.25) is 5.88 Å². The van der Waals surface area contributed by atoms with Crippen molar-refractivity contribution in [1.82, 2.24) is 0 Å². The summed E-state index contributed by atoms with van der Waals surface area (Å²) in [6.07, 6.45) is 6.98. The summed E-state index contributed by atoms with van der Waals surface area (Å²) in [5, 5.41) is 3.92. The number of thiophene rings is 1. The predicted octanol–water partition coefficient (Wildman–Crippen LogP) is 17.2. The molecule has 6 aromatic carbocycles. The summed E-state index contributed by atoms with van der Waals surface area (Å²) in [4.78, 5) is 5.32. The van der Waals surface area contributed by atoms with E-state index in [0.717, 1.165) is 43.6 Å². The van der Waals surface area contributed by atoms with Crippen molar-refractivity contribution < 1.29 is 4.42 Å². The molecule has 0 unspecified atom stereocenters. The zero-order valence-electron chi connectivity index (χ0n) is 45.3. The third-order valence-electron chi connectivity index (χ3n) is 19.2. The zero-order chi connectivity index (χ0) is 49.9. The Kier molecular flexibility index (Phi) is 9.17. The maximum atomic E-state index is 7.72. The fourth-order valence-corrected chi connectivity index (χ4v) is 15.4. The molecule has 0 saturated heterocycles. The Hall–Kier alpha value is -5.26. The summed E-state index contributed by atoms with van der Waals surface area (Å²) in [5.41, 5.74) is 21.6. The van der Waals surface area contributed by atoms with Crippen LogP contribution in [-0.2, 0) is 37.9 Å². The summed E-state index contributed by atoms with van der Waals surface area (Å²) in [6, 6.07) is 39.2. The van der Waals surface area contributed by atoms with E-state index in [-0.39, 0.29) is 44.6 Å². The second-order valence-electron chi connectivity index (χ2n) is 27.7. The van der Waals surface area contributed by atoms with E-state index < -0.39 is 0 Å². The van der Waals surface area contributed by atoms with Gasteiger partial charge in [-0.2, -0.15) is 0 Å². The number of anilines is 6. The highest BCUT2D eigenvalue weighted by Gasteiger charge is 2.50. The van der Waals surface area contributed by atoms with Gasteiger partial charge in [-0.1, -0.05) is 140 Å². The van der Waals surface area contributed by atoms with E-state index in [1.54, 1.807) is 0 Å². The number of rotatable bonds is 2. The van der Waals surface area contributed by atoms with Gasteiger partial charge in [0.15, 0.2) is 0 Å². The van der Waals surface area contributed by atoms with Gasteiger partial charge in [-0.15, -0.1) is 11.3 Å². The van der Waals surface area contributed by atoms with Crippen molar-refractivity contribution in [2.75, 3.05) is 9.80 Å². The fraction of sp³-hybridized carbons (Fsp3) is 0.424. The van der Waals surface area contributed by atoms with Crippen molar-refractivity contribution in [2.45, 2.75) is 180 Å². The molecular weight excluding hydrogens is 880 g/mol. The van der Waals surface area contributed by atoms with Gasteiger partial charge in [-0.3, -0.25) is 4.90 Å². The highest BCUT2D eigenvalue weighted by Crippen LogP contribution is 2.56. The molecule has 13 rings (SSSR count). The smallest absolute Gasteiger partial charge is 0.257 e. The Morgan fingerprint density at radius 3 is 1.63 bits per heavy atom. The van der Waals surface area contributed by atoms with Crippen molar-refractivity contribution in [3.63, 3.8) is 0 Å². The first-order chi connectivity index (χ1) is 33.3. The van der Waals surface area contributed by atoms with Crippen LogP contribution in [0.3, 0.4) is 0 Å². The molecular formula is C66H73BN2OS. The molecule has 2 aromatic heterocycles. The van der Waals surface area contributed by atoms with Gasteiger partial charge >= 0.3 is 0 Å². The number of benzene rings is 6. The Morgan fingerprint density at radius 2 is 1.00 bits per heavy atom. The average Bonchev–Trinajstić information content (AvgIpc) is 3.88. The van der Waals surface area contributed by atoms with Crippen molar-refractivity contribution in [3.05, 3.63) is 136 Å². The maximum absolute atomic E-state index is 7.72. The summed E-state index contributed by atoms with van der Waals surface area (Å²) in [6.45, 7) is 36.8. The van der Waals surface area contributed by atoms with Crippen LogP contribution in [0.1, 0.15) is 181 Å². The highest BCUT2D eigenvalue weighted by atomic mass is 32.1. The number of fused-ring (bicyclic) bond motifs is 12. The minimum absolute atomic E-state index is 0.0217. The molecule has 0 amide bonds. The van der Waals surface area contributed by atoms with E-state index in [9.17, 15) is 0 Å². The number of hydrogen-bond acceptors (Lipinski definition) is 4. The molecule has 0 spiro atoms. The van der Waals surface area contributed by atoms with Gasteiger partial charge in [0, 0.05) is 53.8 Å². The minimum Gasteiger partial charge on any atom is -0.440 e. The Morgan fingerprint density at radius 1 is 0.465 bits per heavy atom. The molecule has 0 bridgehead atoms. The zero-order valence-corrected chi connectivity index (χ0v) is 46.1. The van der Waals surface area contributed by atoms with Gasteiger partial charge in [-0.25, -0.2) is 0 Å². The van der Waals surface area contributed by atoms with Gasteiger partial charge in [0.05, 0.1) is 5.69 Å². The molecule has 0 N–H and O–H groups in total. The molecule has 0 saturated carbocycles. The first kappa shape index (κ1) is 45.6. The Bertz CT molecular complexity index is 3620. The van der Waals surface area contributed by atoms with Gasteiger partial charge < -0.3 is 9.32 Å². The van der Waals surface area contributed by atoms with Crippen LogP contribution in [0.15, 0.2) is 101 Å². The molecule has 2 aliphatic heterocycles. The van der Waals surface area contributed by atoms with E-state index >= 15 is 0 Å². The Balaban J connectivity index is 1.22. The lowest BCUT2D eigenvalue weighted by Gasteiger charge is -2.47. The molecule has 5 heteroatoms. The lowest BCUT2D eigenvalue weighted by Crippen LogP contribution is -2.61. The number of furan rings is 1. The summed E-state index contributed by atoms with van der Waals surface area (Å²) < 4.78 is 10.4.